The van der Waals surface area contributed by atoms with Crippen molar-refractivity contribution in [3.63, 3.8) is 0 Å². The van der Waals surface area contributed by atoms with Crippen molar-refractivity contribution >= 4 is 17.7 Å². The van der Waals surface area contributed by atoms with E-state index >= 15 is 0 Å². The Balaban J connectivity index is 1.18. The minimum Gasteiger partial charge on any atom is -0.493 e. The van der Waals surface area contributed by atoms with Gasteiger partial charge in [-0.25, -0.2) is 0 Å². The lowest BCUT2D eigenvalue weighted by Crippen LogP contribution is -2.75. The number of carbonyl (C=O) groups is 3. The number of unbranched alkanes of at least 4 members (excludes halogenated alkanes) is 1. The number of piperazine rings is 1. The molecule has 0 saturated carbocycles. The zero-order valence-electron chi connectivity index (χ0n) is 29.8. The van der Waals surface area contributed by atoms with Crippen LogP contribution in [0.2, 0.25) is 0 Å². The lowest BCUT2D eigenvalue weighted by atomic mass is 9.79. The summed E-state index contributed by atoms with van der Waals surface area (Å²) in [5.41, 5.74) is 0.692. The number of aliphatic hydroxyl groups excluding tert-OH is 1. The molecule has 11 heteroatoms. The maximum atomic E-state index is 13.9. The maximum absolute atomic E-state index is 13.9. The van der Waals surface area contributed by atoms with Crippen LogP contribution in [0.4, 0.5) is 0 Å². The summed E-state index contributed by atoms with van der Waals surface area (Å²) in [6, 6.07) is 12.1. The summed E-state index contributed by atoms with van der Waals surface area (Å²) >= 11 is 0. The Morgan fingerprint density at radius 2 is 1.78 bits per heavy atom. The zero-order chi connectivity index (χ0) is 35.2. The van der Waals surface area contributed by atoms with E-state index in [0.717, 1.165) is 18.4 Å². The molecule has 0 radical (unpaired) electrons. The molecule has 3 aliphatic heterocycles. The van der Waals surface area contributed by atoms with E-state index in [-0.39, 0.29) is 29.1 Å². The van der Waals surface area contributed by atoms with Crippen LogP contribution in [-0.4, -0.2) is 96.8 Å². The Kier molecular flexibility index (Phi) is 11.9. The average Bonchev–Trinajstić information content (AvgIpc) is 3.10. The van der Waals surface area contributed by atoms with Gasteiger partial charge in [-0.3, -0.25) is 19.3 Å². The van der Waals surface area contributed by atoms with E-state index in [1.807, 2.05) is 24.3 Å². The van der Waals surface area contributed by atoms with Gasteiger partial charge in [0, 0.05) is 51.5 Å². The highest BCUT2D eigenvalue weighted by atomic mass is 16.5. The van der Waals surface area contributed by atoms with Gasteiger partial charge in [-0.05, 0) is 79.3 Å². The van der Waals surface area contributed by atoms with Gasteiger partial charge < -0.3 is 34.9 Å². The van der Waals surface area contributed by atoms with Crippen LogP contribution in [0, 0.1) is 11.3 Å². The van der Waals surface area contributed by atoms with Crippen LogP contribution in [0.5, 0.6) is 17.2 Å². The van der Waals surface area contributed by atoms with Gasteiger partial charge in [-0.1, -0.05) is 46.2 Å². The van der Waals surface area contributed by atoms with Gasteiger partial charge >= 0.3 is 0 Å². The van der Waals surface area contributed by atoms with Gasteiger partial charge in [0.1, 0.15) is 17.3 Å². The number of likely N-dealkylation sites (tertiary alicyclic amines) is 1. The molecule has 3 fully saturated rings. The molecule has 3 N–H and O–H groups in total. The third kappa shape index (κ3) is 8.74. The molecule has 5 rings (SSSR count). The van der Waals surface area contributed by atoms with Crippen molar-refractivity contribution in [2.24, 2.45) is 11.3 Å². The molecule has 0 aromatic heterocycles. The molecule has 0 aliphatic carbocycles. The molecule has 2 aromatic rings. The summed E-state index contributed by atoms with van der Waals surface area (Å²) in [5.74, 6) is 1.09. The van der Waals surface area contributed by atoms with Crippen LogP contribution in [0.25, 0.3) is 0 Å². The molecule has 3 amide bonds. The molecule has 1 spiro atoms. The summed E-state index contributed by atoms with van der Waals surface area (Å²) in [7, 11) is 1.55. The Hall–Kier alpha value is -3.67. The Labute approximate surface area is 290 Å². The quantitative estimate of drug-likeness (QED) is 0.299. The highest BCUT2D eigenvalue weighted by Crippen LogP contribution is 2.36. The standard InChI is InChI=1S/C38H54N4O7/c1-6-7-18-42-35(45)32(33(43)27-14-21-48-22-15-27)40-36(46)38(42)16-19-41(20-17-38)24-26-8-11-29(12-9-26)49-30-13-10-28(23-31(30)47-5)34(44)39-25-37(2,3)4/h8-13,23,27,32-33,43H,6-7,14-22,24-25H2,1-5H3,(H,39,44)(H,40,46)/t32-,33?/m1/s1. The van der Waals surface area contributed by atoms with Gasteiger partial charge in [-0.2, -0.15) is 0 Å². The third-order valence-electron chi connectivity index (χ3n) is 10.0. The van der Waals surface area contributed by atoms with Crippen molar-refractivity contribution in [1.82, 2.24) is 20.4 Å². The Morgan fingerprint density at radius 3 is 2.41 bits per heavy atom. The van der Waals surface area contributed by atoms with E-state index in [1.165, 1.54) is 0 Å². The van der Waals surface area contributed by atoms with Crippen LogP contribution in [0.15, 0.2) is 42.5 Å². The molecule has 11 nitrogen and oxygen atoms in total. The minimum absolute atomic E-state index is 0.0209. The molecule has 3 heterocycles. The number of amides is 3. The minimum atomic E-state index is -0.917. The summed E-state index contributed by atoms with van der Waals surface area (Å²) < 4.78 is 17.1. The average molecular weight is 679 g/mol. The normalized spacial score (nSPS) is 20.9. The van der Waals surface area contributed by atoms with Crippen LogP contribution < -0.4 is 20.1 Å². The molecule has 1 unspecified atom stereocenters. The number of aliphatic hydroxyl groups is 1. The Morgan fingerprint density at radius 1 is 1.08 bits per heavy atom. The second-order valence-corrected chi connectivity index (χ2v) is 14.9. The highest BCUT2D eigenvalue weighted by molar-refractivity contribution is 6.00. The molecule has 2 atom stereocenters. The first kappa shape index (κ1) is 36.6. The molecule has 3 aliphatic rings. The van der Waals surface area contributed by atoms with Crippen molar-refractivity contribution < 1.29 is 33.7 Å². The molecular weight excluding hydrogens is 624 g/mol. The number of carbonyl (C=O) groups excluding carboxylic acids is 3. The molecule has 2 aromatic carbocycles. The first-order chi connectivity index (χ1) is 23.4. The number of hydrogen-bond donors (Lipinski definition) is 3. The number of nitrogens with one attached hydrogen (secondary N) is 2. The number of ether oxygens (including phenoxy) is 3. The zero-order valence-corrected chi connectivity index (χ0v) is 29.8. The second-order valence-electron chi connectivity index (χ2n) is 14.9. The van der Waals surface area contributed by atoms with Crippen molar-refractivity contribution in [1.29, 1.82) is 0 Å². The predicted molar refractivity (Wildman–Crippen MR) is 187 cm³/mol. The fraction of sp³-hybridized carbons (Fsp3) is 0.605. The van der Waals surface area contributed by atoms with E-state index < -0.39 is 17.7 Å². The van der Waals surface area contributed by atoms with E-state index in [2.05, 4.69) is 43.2 Å². The SMILES string of the molecule is CCCCN1C(=O)[C@@H](C(O)C2CCOCC2)NC(=O)C12CCN(Cc1ccc(Oc3ccc(C(=O)NCC(C)(C)C)cc3OC)cc1)CC2. The first-order valence-electron chi connectivity index (χ1n) is 17.8. The highest BCUT2D eigenvalue weighted by Gasteiger charge is 2.55. The lowest BCUT2D eigenvalue weighted by molar-refractivity contribution is -0.166. The van der Waals surface area contributed by atoms with E-state index in [1.54, 1.807) is 30.2 Å². The summed E-state index contributed by atoms with van der Waals surface area (Å²) in [4.78, 5) is 44.4. The van der Waals surface area contributed by atoms with Gasteiger partial charge in [0.25, 0.3) is 5.91 Å². The number of nitrogens with zero attached hydrogens (tertiary/aromatic N) is 2. The van der Waals surface area contributed by atoms with Gasteiger partial charge in [-0.15, -0.1) is 0 Å². The fourth-order valence-corrected chi connectivity index (χ4v) is 7.01. The third-order valence-corrected chi connectivity index (χ3v) is 10.0. The van der Waals surface area contributed by atoms with E-state index in [0.29, 0.717) is 94.4 Å². The fourth-order valence-electron chi connectivity index (χ4n) is 7.01. The number of methoxy groups -OCH3 is 1. The van der Waals surface area contributed by atoms with E-state index in [9.17, 15) is 19.5 Å². The lowest BCUT2D eigenvalue weighted by Gasteiger charge is -2.52. The van der Waals surface area contributed by atoms with E-state index in [4.69, 9.17) is 14.2 Å². The summed E-state index contributed by atoms with van der Waals surface area (Å²) in [6.07, 6.45) is 3.25. The number of rotatable bonds is 12. The smallest absolute Gasteiger partial charge is 0.251 e. The van der Waals surface area contributed by atoms with Crippen molar-refractivity contribution in [2.45, 2.75) is 90.4 Å². The summed E-state index contributed by atoms with van der Waals surface area (Å²) in [5, 5.41) is 17.1. The maximum Gasteiger partial charge on any atom is 0.251 e. The molecule has 3 saturated heterocycles. The Bertz CT molecular complexity index is 1440. The molecule has 49 heavy (non-hydrogen) atoms. The molecule has 268 valence electrons. The number of benzene rings is 2. The molecule has 0 bridgehead atoms. The van der Waals surface area contributed by atoms with Crippen molar-refractivity contribution in [2.75, 3.05) is 46.5 Å². The van der Waals surface area contributed by atoms with Gasteiger partial charge in [0.15, 0.2) is 11.5 Å². The number of hydrogen-bond acceptors (Lipinski definition) is 8. The van der Waals surface area contributed by atoms with Crippen molar-refractivity contribution in [3.05, 3.63) is 53.6 Å². The second kappa shape index (κ2) is 15.9. The van der Waals surface area contributed by atoms with Gasteiger partial charge in [0.2, 0.25) is 11.8 Å². The van der Waals surface area contributed by atoms with Gasteiger partial charge in [0.05, 0.1) is 13.2 Å². The molecular formula is C38H54N4O7. The van der Waals surface area contributed by atoms with Crippen LogP contribution in [0.3, 0.4) is 0 Å². The number of piperidine rings is 1. The topological polar surface area (TPSA) is 130 Å². The van der Waals surface area contributed by atoms with Crippen LogP contribution in [0.1, 0.15) is 82.1 Å². The van der Waals surface area contributed by atoms with Crippen LogP contribution in [-0.2, 0) is 20.9 Å². The summed E-state index contributed by atoms with van der Waals surface area (Å²) in [6.45, 7) is 12.5. The first-order valence-corrected chi connectivity index (χ1v) is 17.8. The monoisotopic (exact) mass is 678 g/mol. The predicted octanol–water partition coefficient (Wildman–Crippen LogP) is 4.51. The van der Waals surface area contributed by atoms with Crippen LogP contribution >= 0.6 is 0 Å². The largest absolute Gasteiger partial charge is 0.493 e. The van der Waals surface area contributed by atoms with Crippen molar-refractivity contribution in [3.8, 4) is 17.2 Å².